The molecule has 0 aliphatic heterocycles. The maximum absolute atomic E-state index is 13.8. The molecule has 102 valence electrons. The minimum Gasteiger partial charge on any atom is -0.280 e. The lowest BCUT2D eigenvalue weighted by Gasteiger charge is -2.06. The molecule has 3 aromatic rings. The van der Waals surface area contributed by atoms with E-state index in [0.29, 0.717) is 17.1 Å². The van der Waals surface area contributed by atoms with Gasteiger partial charge in [0.1, 0.15) is 6.33 Å². The first kappa shape index (κ1) is 12.7. The van der Waals surface area contributed by atoms with E-state index in [1.807, 2.05) is 19.9 Å². The Morgan fingerprint density at radius 3 is 2.40 bits per heavy atom. The molecule has 0 atom stereocenters. The van der Waals surface area contributed by atoms with Crippen molar-refractivity contribution >= 4 is 11.0 Å². The summed E-state index contributed by atoms with van der Waals surface area (Å²) in [5, 5.41) is 0. The summed E-state index contributed by atoms with van der Waals surface area (Å²) in [7, 11) is 0. The van der Waals surface area contributed by atoms with Crippen molar-refractivity contribution in [3.8, 4) is 5.82 Å². The minimum atomic E-state index is -1.34. The molecule has 0 unspecified atom stereocenters. The maximum Gasteiger partial charge on any atom is 0.251 e. The molecule has 0 radical (unpaired) electrons. The van der Waals surface area contributed by atoms with Crippen LogP contribution in [0.5, 0.6) is 0 Å². The van der Waals surface area contributed by atoms with Crippen molar-refractivity contribution in [3.63, 3.8) is 0 Å². The zero-order valence-electron chi connectivity index (χ0n) is 10.8. The molecule has 3 nitrogen and oxygen atoms in total. The van der Waals surface area contributed by atoms with Gasteiger partial charge in [-0.25, -0.2) is 13.8 Å². The highest BCUT2D eigenvalue weighted by molar-refractivity contribution is 5.78. The van der Waals surface area contributed by atoms with Crippen LogP contribution in [0.4, 0.5) is 13.2 Å². The fourth-order valence-corrected chi connectivity index (χ4v) is 2.04. The van der Waals surface area contributed by atoms with Crippen LogP contribution < -0.4 is 0 Å². The van der Waals surface area contributed by atoms with Gasteiger partial charge in [-0.05, 0) is 37.1 Å². The number of hydrogen-bond acceptors (Lipinski definition) is 2. The number of aryl methyl sites for hydroxylation is 2. The summed E-state index contributed by atoms with van der Waals surface area (Å²) in [6.07, 6.45) is 1.34. The Balaban J connectivity index is 2.30. The summed E-state index contributed by atoms with van der Waals surface area (Å²) in [4.78, 5) is 7.45. The Kier molecular flexibility index (Phi) is 2.74. The number of nitrogens with zero attached hydrogens (tertiary/aromatic N) is 3. The molecule has 20 heavy (non-hydrogen) atoms. The molecule has 0 bridgehead atoms. The number of hydrogen-bond donors (Lipinski definition) is 0. The van der Waals surface area contributed by atoms with Crippen LogP contribution in [0.15, 0.2) is 24.5 Å². The molecule has 1 aromatic carbocycles. The third kappa shape index (κ3) is 1.84. The highest BCUT2D eigenvalue weighted by Crippen LogP contribution is 2.23. The van der Waals surface area contributed by atoms with E-state index in [0.717, 1.165) is 11.1 Å². The second-order valence-electron chi connectivity index (χ2n) is 4.61. The number of rotatable bonds is 1. The van der Waals surface area contributed by atoms with Crippen LogP contribution in [0.25, 0.3) is 16.9 Å². The first-order chi connectivity index (χ1) is 9.47. The summed E-state index contributed by atoms with van der Waals surface area (Å²) in [6.45, 7) is 3.84. The molecule has 0 amide bonds. The van der Waals surface area contributed by atoms with E-state index in [9.17, 15) is 13.2 Å². The van der Waals surface area contributed by atoms with E-state index in [4.69, 9.17) is 0 Å². The molecule has 0 spiro atoms. The van der Waals surface area contributed by atoms with E-state index in [1.165, 1.54) is 10.9 Å². The van der Waals surface area contributed by atoms with Gasteiger partial charge in [0.15, 0.2) is 17.5 Å². The lowest BCUT2D eigenvalue weighted by atomic mass is 10.1. The fraction of sp³-hybridized carbons (Fsp3) is 0.143. The Labute approximate surface area is 112 Å². The average Bonchev–Trinajstić information content (AvgIpc) is 2.77. The molecular formula is C14H10F3N3. The lowest BCUT2D eigenvalue weighted by molar-refractivity contribution is 0.461. The van der Waals surface area contributed by atoms with Crippen LogP contribution in [-0.4, -0.2) is 14.5 Å². The number of pyridine rings is 1. The summed E-state index contributed by atoms with van der Waals surface area (Å²) in [5.74, 6) is -3.91. The van der Waals surface area contributed by atoms with Gasteiger partial charge in [-0.1, -0.05) is 0 Å². The summed E-state index contributed by atoms with van der Waals surface area (Å²) in [6, 6.07) is 4.13. The van der Waals surface area contributed by atoms with E-state index in [2.05, 4.69) is 9.97 Å². The summed E-state index contributed by atoms with van der Waals surface area (Å²) >= 11 is 0. The molecule has 3 rings (SSSR count). The second kappa shape index (κ2) is 4.33. The molecule has 0 saturated heterocycles. The van der Waals surface area contributed by atoms with Crippen LogP contribution in [0.1, 0.15) is 11.1 Å². The monoisotopic (exact) mass is 277 g/mol. The number of halogens is 3. The topological polar surface area (TPSA) is 30.7 Å². The summed E-state index contributed by atoms with van der Waals surface area (Å²) in [5.41, 5.74) is 3.26. The molecule has 2 heterocycles. The van der Waals surface area contributed by atoms with E-state index in [-0.39, 0.29) is 5.82 Å². The zero-order chi connectivity index (χ0) is 14.4. The predicted molar refractivity (Wildman–Crippen MR) is 68.2 cm³/mol. The van der Waals surface area contributed by atoms with Crippen molar-refractivity contribution in [1.82, 2.24) is 14.5 Å². The Bertz CT molecular complexity index is 824. The third-order valence-corrected chi connectivity index (χ3v) is 3.26. The van der Waals surface area contributed by atoms with Crippen molar-refractivity contribution in [2.75, 3.05) is 0 Å². The molecule has 0 fully saturated rings. The zero-order valence-corrected chi connectivity index (χ0v) is 10.8. The molecule has 0 aliphatic carbocycles. The van der Waals surface area contributed by atoms with Crippen LogP contribution in [0.3, 0.4) is 0 Å². The highest BCUT2D eigenvalue weighted by atomic mass is 19.2. The lowest BCUT2D eigenvalue weighted by Crippen LogP contribution is -2.04. The van der Waals surface area contributed by atoms with Gasteiger partial charge in [0.25, 0.3) is 5.95 Å². The van der Waals surface area contributed by atoms with Gasteiger partial charge >= 0.3 is 0 Å². The number of imidazole rings is 1. The van der Waals surface area contributed by atoms with Crippen molar-refractivity contribution < 1.29 is 13.2 Å². The van der Waals surface area contributed by atoms with Gasteiger partial charge < -0.3 is 0 Å². The van der Waals surface area contributed by atoms with E-state index >= 15 is 0 Å². The van der Waals surface area contributed by atoms with Crippen molar-refractivity contribution in [3.05, 3.63) is 53.2 Å². The Morgan fingerprint density at radius 1 is 0.950 bits per heavy atom. The normalized spacial score (nSPS) is 11.2. The third-order valence-electron chi connectivity index (χ3n) is 3.26. The van der Waals surface area contributed by atoms with Gasteiger partial charge in [0.05, 0.1) is 11.0 Å². The van der Waals surface area contributed by atoms with Crippen molar-refractivity contribution in [1.29, 1.82) is 0 Å². The Hall–Kier alpha value is -2.37. The first-order valence-electron chi connectivity index (χ1n) is 5.93. The number of aromatic nitrogens is 3. The van der Waals surface area contributed by atoms with Gasteiger partial charge in [0.2, 0.25) is 0 Å². The van der Waals surface area contributed by atoms with Crippen molar-refractivity contribution in [2.45, 2.75) is 13.8 Å². The van der Waals surface area contributed by atoms with Gasteiger partial charge in [0, 0.05) is 6.07 Å². The molecule has 0 saturated carbocycles. The van der Waals surface area contributed by atoms with Crippen LogP contribution >= 0.6 is 0 Å². The molecule has 0 N–H and O–H groups in total. The standard InChI is InChI=1S/C14H10F3N3/c1-7-3-11-12(4-8(7)2)20(6-18-11)14-10(16)5-9(15)13(17)19-14/h3-6H,1-2H3. The van der Waals surface area contributed by atoms with Crippen molar-refractivity contribution in [2.24, 2.45) is 0 Å². The predicted octanol–water partition coefficient (Wildman–Crippen LogP) is 3.45. The van der Waals surface area contributed by atoms with Crippen LogP contribution in [-0.2, 0) is 0 Å². The minimum absolute atomic E-state index is 0.311. The second-order valence-corrected chi connectivity index (χ2v) is 4.61. The fourth-order valence-electron chi connectivity index (χ4n) is 2.04. The maximum atomic E-state index is 13.8. The largest absolute Gasteiger partial charge is 0.280 e. The molecular weight excluding hydrogens is 267 g/mol. The van der Waals surface area contributed by atoms with Crippen LogP contribution in [0.2, 0.25) is 0 Å². The highest BCUT2D eigenvalue weighted by Gasteiger charge is 2.15. The molecule has 2 aromatic heterocycles. The van der Waals surface area contributed by atoms with Gasteiger partial charge in [-0.2, -0.15) is 9.37 Å². The SMILES string of the molecule is Cc1cc2ncn(-c3nc(F)c(F)cc3F)c2cc1C. The Morgan fingerprint density at radius 2 is 1.65 bits per heavy atom. The first-order valence-corrected chi connectivity index (χ1v) is 5.93. The van der Waals surface area contributed by atoms with E-state index in [1.54, 1.807) is 6.07 Å². The summed E-state index contributed by atoms with van der Waals surface area (Å²) < 4.78 is 41.2. The van der Waals surface area contributed by atoms with Gasteiger partial charge in [-0.3, -0.25) is 4.57 Å². The van der Waals surface area contributed by atoms with Crippen LogP contribution in [0, 0.1) is 31.4 Å². The number of fused-ring (bicyclic) bond motifs is 1. The average molecular weight is 277 g/mol. The van der Waals surface area contributed by atoms with E-state index < -0.39 is 17.6 Å². The smallest absolute Gasteiger partial charge is 0.251 e. The number of benzene rings is 1. The molecule has 6 heteroatoms. The quantitative estimate of drug-likeness (QED) is 0.638. The van der Waals surface area contributed by atoms with Gasteiger partial charge in [-0.15, -0.1) is 0 Å². The molecule has 0 aliphatic rings.